The van der Waals surface area contributed by atoms with E-state index in [4.69, 9.17) is 10.5 Å². The minimum absolute atomic E-state index is 0.711. The van der Waals surface area contributed by atoms with Crippen LogP contribution in [0.4, 0.5) is 4.79 Å². The molecule has 0 radical (unpaired) electrons. The number of primary amides is 1. The first-order valence-corrected chi connectivity index (χ1v) is 5.13. The van der Waals surface area contributed by atoms with Gasteiger partial charge < -0.3 is 15.6 Å². The molecule has 0 heterocycles. The van der Waals surface area contributed by atoms with Crippen LogP contribution in [0.2, 0.25) is 0 Å². The van der Waals surface area contributed by atoms with E-state index < -0.39 is 18.3 Å². The summed E-state index contributed by atoms with van der Waals surface area (Å²) in [4.78, 5) is 10.8. The molecule has 3 N–H and O–H groups in total. The van der Waals surface area contributed by atoms with Crippen LogP contribution in [0, 0.1) is 13.8 Å². The van der Waals surface area contributed by atoms with Crippen molar-refractivity contribution in [2.45, 2.75) is 33.0 Å². The molecular formula is C12H17NO3. The fourth-order valence-electron chi connectivity index (χ4n) is 1.63. The Labute approximate surface area is 95.0 Å². The molecule has 0 fully saturated rings. The van der Waals surface area contributed by atoms with Gasteiger partial charge in [0.05, 0.1) is 6.10 Å². The van der Waals surface area contributed by atoms with Gasteiger partial charge in [-0.25, -0.2) is 4.79 Å². The lowest BCUT2D eigenvalue weighted by molar-refractivity contribution is 0.0144. The van der Waals surface area contributed by atoms with Crippen molar-refractivity contribution >= 4 is 6.09 Å². The molecule has 0 saturated heterocycles. The number of nitrogens with two attached hydrogens (primary N) is 1. The molecule has 4 nitrogen and oxygen atoms in total. The van der Waals surface area contributed by atoms with Crippen molar-refractivity contribution in [1.29, 1.82) is 0 Å². The van der Waals surface area contributed by atoms with E-state index in [1.807, 2.05) is 32.0 Å². The molecule has 0 bridgehead atoms. The Hall–Kier alpha value is -1.55. The second-order valence-electron chi connectivity index (χ2n) is 3.89. The van der Waals surface area contributed by atoms with Crippen molar-refractivity contribution in [2.75, 3.05) is 0 Å². The highest BCUT2D eigenvalue weighted by atomic mass is 16.6. The number of hydrogen-bond donors (Lipinski definition) is 2. The van der Waals surface area contributed by atoms with Gasteiger partial charge in [0.15, 0.2) is 6.10 Å². The maximum Gasteiger partial charge on any atom is 0.405 e. The number of amides is 1. The van der Waals surface area contributed by atoms with Crippen LogP contribution in [0.1, 0.15) is 29.7 Å². The lowest BCUT2D eigenvalue weighted by Gasteiger charge is -2.22. The SMILES string of the molecule is Cc1cccc(C(OC(N)=O)C(C)O)c1C. The Bertz CT molecular complexity index is 388. The predicted octanol–water partition coefficient (Wildman–Crippen LogP) is 1.82. The molecule has 0 aromatic heterocycles. The topological polar surface area (TPSA) is 72.5 Å². The van der Waals surface area contributed by atoms with Gasteiger partial charge in [0, 0.05) is 0 Å². The molecule has 88 valence electrons. The predicted molar refractivity (Wildman–Crippen MR) is 61.0 cm³/mol. The third kappa shape index (κ3) is 2.73. The van der Waals surface area contributed by atoms with Crippen LogP contribution in [-0.2, 0) is 4.74 Å². The first-order chi connectivity index (χ1) is 7.43. The standard InChI is InChI=1S/C12H17NO3/c1-7-5-4-6-10(8(7)2)11(9(3)14)16-12(13)15/h4-6,9,11,14H,1-3H3,(H2,13,15). The zero-order valence-electron chi connectivity index (χ0n) is 9.73. The van der Waals surface area contributed by atoms with E-state index >= 15 is 0 Å². The summed E-state index contributed by atoms with van der Waals surface area (Å²) < 4.78 is 4.92. The van der Waals surface area contributed by atoms with Crippen molar-refractivity contribution in [1.82, 2.24) is 0 Å². The molecule has 1 aromatic carbocycles. The lowest BCUT2D eigenvalue weighted by atomic mass is 9.96. The van der Waals surface area contributed by atoms with Gasteiger partial charge in [-0.15, -0.1) is 0 Å². The smallest absolute Gasteiger partial charge is 0.405 e. The van der Waals surface area contributed by atoms with Gasteiger partial charge in [-0.3, -0.25) is 0 Å². The molecular weight excluding hydrogens is 206 g/mol. The number of carbonyl (C=O) groups is 1. The highest BCUT2D eigenvalue weighted by Gasteiger charge is 2.22. The minimum Gasteiger partial charge on any atom is -0.439 e. The summed E-state index contributed by atoms with van der Waals surface area (Å²) in [7, 11) is 0. The Kier molecular flexibility index (Phi) is 3.90. The van der Waals surface area contributed by atoms with Gasteiger partial charge in [0.25, 0.3) is 0 Å². The number of carbonyl (C=O) groups excluding carboxylic acids is 1. The van der Waals surface area contributed by atoms with E-state index in [1.165, 1.54) is 0 Å². The number of aliphatic hydroxyl groups excluding tert-OH is 1. The number of benzene rings is 1. The van der Waals surface area contributed by atoms with Gasteiger partial charge >= 0.3 is 6.09 Å². The molecule has 1 rings (SSSR count). The molecule has 0 spiro atoms. The average molecular weight is 223 g/mol. The molecule has 0 aliphatic heterocycles. The minimum atomic E-state index is -0.883. The second kappa shape index (κ2) is 4.99. The van der Waals surface area contributed by atoms with Gasteiger partial charge in [-0.2, -0.15) is 0 Å². The number of ether oxygens (including phenoxy) is 1. The first-order valence-electron chi connectivity index (χ1n) is 5.13. The highest BCUT2D eigenvalue weighted by Crippen LogP contribution is 2.26. The van der Waals surface area contributed by atoms with E-state index in [2.05, 4.69) is 0 Å². The summed E-state index contributed by atoms with van der Waals surface area (Å²) in [5, 5.41) is 9.60. The normalized spacial score (nSPS) is 14.2. The molecule has 16 heavy (non-hydrogen) atoms. The largest absolute Gasteiger partial charge is 0.439 e. The van der Waals surface area contributed by atoms with Crippen LogP contribution in [-0.4, -0.2) is 17.3 Å². The Morgan fingerprint density at radius 3 is 2.56 bits per heavy atom. The summed E-state index contributed by atoms with van der Waals surface area (Å²) in [5.74, 6) is 0. The Morgan fingerprint density at radius 1 is 1.44 bits per heavy atom. The second-order valence-corrected chi connectivity index (χ2v) is 3.89. The fourth-order valence-corrected chi connectivity index (χ4v) is 1.63. The summed E-state index contributed by atoms with van der Waals surface area (Å²) in [6, 6.07) is 5.64. The zero-order valence-corrected chi connectivity index (χ0v) is 9.73. The summed E-state index contributed by atoms with van der Waals surface area (Å²) >= 11 is 0. The molecule has 1 amide bonds. The van der Waals surface area contributed by atoms with Gasteiger partial charge in [-0.05, 0) is 37.5 Å². The average Bonchev–Trinajstić information content (AvgIpc) is 2.18. The molecule has 0 aliphatic carbocycles. The Morgan fingerprint density at radius 2 is 2.06 bits per heavy atom. The third-order valence-electron chi connectivity index (χ3n) is 2.63. The van der Waals surface area contributed by atoms with E-state index in [-0.39, 0.29) is 0 Å². The van der Waals surface area contributed by atoms with Crippen molar-refractivity contribution in [3.05, 3.63) is 34.9 Å². The van der Waals surface area contributed by atoms with Crippen LogP contribution < -0.4 is 5.73 Å². The molecule has 1 aromatic rings. The molecule has 4 heteroatoms. The molecule has 0 saturated carbocycles. The number of rotatable bonds is 3. The molecule has 2 atom stereocenters. The summed E-state index contributed by atoms with van der Waals surface area (Å²) in [5.41, 5.74) is 7.85. The fraction of sp³-hybridized carbons (Fsp3) is 0.417. The zero-order chi connectivity index (χ0) is 12.3. The van der Waals surface area contributed by atoms with Crippen molar-refractivity contribution in [3.63, 3.8) is 0 Å². The maximum atomic E-state index is 10.8. The number of aliphatic hydroxyl groups is 1. The van der Waals surface area contributed by atoms with E-state index in [0.717, 1.165) is 16.7 Å². The summed E-state index contributed by atoms with van der Waals surface area (Å²) in [6.07, 6.45) is -2.39. The van der Waals surface area contributed by atoms with Crippen LogP contribution in [0.5, 0.6) is 0 Å². The monoisotopic (exact) mass is 223 g/mol. The molecule has 2 unspecified atom stereocenters. The van der Waals surface area contributed by atoms with E-state index in [0.29, 0.717) is 0 Å². The van der Waals surface area contributed by atoms with Crippen molar-refractivity contribution in [2.24, 2.45) is 5.73 Å². The summed E-state index contributed by atoms with van der Waals surface area (Å²) in [6.45, 7) is 5.45. The first kappa shape index (κ1) is 12.5. The highest BCUT2D eigenvalue weighted by molar-refractivity contribution is 5.65. The van der Waals surface area contributed by atoms with Crippen LogP contribution >= 0.6 is 0 Å². The van der Waals surface area contributed by atoms with Gasteiger partial charge in [0.1, 0.15) is 0 Å². The van der Waals surface area contributed by atoms with Crippen molar-refractivity contribution in [3.8, 4) is 0 Å². The van der Waals surface area contributed by atoms with Gasteiger partial charge in [0.2, 0.25) is 0 Å². The van der Waals surface area contributed by atoms with E-state index in [1.54, 1.807) is 6.92 Å². The maximum absolute atomic E-state index is 10.8. The van der Waals surface area contributed by atoms with Crippen molar-refractivity contribution < 1.29 is 14.6 Å². The van der Waals surface area contributed by atoms with E-state index in [9.17, 15) is 9.90 Å². The quantitative estimate of drug-likeness (QED) is 0.821. The molecule has 0 aliphatic rings. The van der Waals surface area contributed by atoms with Crippen LogP contribution in [0.3, 0.4) is 0 Å². The Balaban J connectivity index is 3.10. The number of aryl methyl sites for hydroxylation is 1. The van der Waals surface area contributed by atoms with Crippen LogP contribution in [0.15, 0.2) is 18.2 Å². The number of hydrogen-bond acceptors (Lipinski definition) is 3. The third-order valence-corrected chi connectivity index (χ3v) is 2.63. The van der Waals surface area contributed by atoms with Gasteiger partial charge in [-0.1, -0.05) is 18.2 Å². The van der Waals surface area contributed by atoms with Crippen LogP contribution in [0.25, 0.3) is 0 Å². The lowest BCUT2D eigenvalue weighted by Crippen LogP contribution is -2.25.